The number of methoxy groups -OCH3 is 1. The highest BCUT2D eigenvalue weighted by Crippen LogP contribution is 2.21. The van der Waals surface area contributed by atoms with Gasteiger partial charge in [0, 0.05) is 13.5 Å². The number of hydrogen-bond acceptors (Lipinski definition) is 8. The van der Waals surface area contributed by atoms with E-state index < -0.39 is 12.1 Å². The van der Waals surface area contributed by atoms with E-state index >= 15 is 0 Å². The smallest absolute Gasteiger partial charge is 0.335 e. The third-order valence-electron chi connectivity index (χ3n) is 5.77. The average molecular weight is 505 g/mol. The second-order valence-electron chi connectivity index (χ2n) is 8.50. The molecule has 3 aromatic carbocycles. The molecule has 1 heterocycles. The van der Waals surface area contributed by atoms with Crippen LogP contribution in [0.25, 0.3) is 11.1 Å². The number of carbonyl (C=O) groups is 1. The van der Waals surface area contributed by atoms with E-state index in [1.807, 2.05) is 90.8 Å². The Balaban J connectivity index is 1.20. The predicted molar refractivity (Wildman–Crippen MR) is 141 cm³/mol. The third-order valence-corrected chi connectivity index (χ3v) is 5.77. The summed E-state index contributed by atoms with van der Waals surface area (Å²) in [6.07, 6.45) is -0.311. The lowest BCUT2D eigenvalue weighted by Gasteiger charge is -2.17. The van der Waals surface area contributed by atoms with Crippen LogP contribution in [0.15, 0.2) is 83.3 Å². The van der Waals surface area contributed by atoms with Crippen molar-refractivity contribution in [3.8, 4) is 5.75 Å². The molecule has 0 fully saturated rings. The number of fused-ring (bicyclic) bond motifs is 1. The number of benzene rings is 3. The fourth-order valence-corrected chi connectivity index (χ4v) is 3.71. The van der Waals surface area contributed by atoms with Crippen molar-refractivity contribution in [2.45, 2.75) is 19.1 Å². The normalized spacial score (nSPS) is 11.8. The van der Waals surface area contributed by atoms with E-state index in [1.165, 1.54) is 7.11 Å². The summed E-state index contributed by atoms with van der Waals surface area (Å²) in [7, 11) is 3.27. The van der Waals surface area contributed by atoms with Gasteiger partial charge in [0.05, 0.1) is 33.5 Å². The van der Waals surface area contributed by atoms with Crippen molar-refractivity contribution < 1.29 is 28.2 Å². The van der Waals surface area contributed by atoms with Gasteiger partial charge in [-0.05, 0) is 35.4 Å². The van der Waals surface area contributed by atoms with Gasteiger partial charge in [-0.1, -0.05) is 54.6 Å². The lowest BCUT2D eigenvalue weighted by molar-refractivity contribution is -0.155. The second-order valence-corrected chi connectivity index (χ2v) is 8.50. The maximum atomic E-state index is 12.2. The standard InChI is InChI=1S/C29H32N2O6/c1-31(29-30-25-10-6-7-11-26(25)37-29)16-17-35-24-14-12-22(13-15-24)20-27(28(32)33-2)36-19-18-34-21-23-8-4-3-5-9-23/h3-15,27H,16-21H2,1-2H3. The number of esters is 1. The minimum Gasteiger partial charge on any atom is -0.492 e. The number of nitrogens with zero attached hydrogens (tertiary/aromatic N) is 2. The lowest BCUT2D eigenvalue weighted by Crippen LogP contribution is -2.29. The van der Waals surface area contributed by atoms with Crippen LogP contribution in [0, 0.1) is 0 Å². The number of carbonyl (C=O) groups excluding carboxylic acids is 1. The summed E-state index contributed by atoms with van der Waals surface area (Å²) in [5, 5.41) is 0. The Hall–Kier alpha value is -3.88. The van der Waals surface area contributed by atoms with E-state index in [0.29, 0.717) is 45.4 Å². The molecule has 0 aliphatic heterocycles. The molecule has 0 radical (unpaired) electrons. The van der Waals surface area contributed by atoms with Gasteiger partial charge in [-0.25, -0.2) is 4.79 Å². The Morgan fingerprint density at radius 3 is 2.43 bits per heavy atom. The molecule has 4 rings (SSSR count). The molecule has 1 atom stereocenters. The van der Waals surface area contributed by atoms with Gasteiger partial charge in [0.1, 0.15) is 17.9 Å². The first-order valence-corrected chi connectivity index (χ1v) is 12.2. The SMILES string of the molecule is COC(=O)C(Cc1ccc(OCCN(C)c2nc3ccccc3o2)cc1)OCCOCc1ccccc1. The fourth-order valence-electron chi connectivity index (χ4n) is 3.71. The third kappa shape index (κ3) is 7.80. The number of para-hydroxylation sites is 2. The minimum absolute atomic E-state index is 0.293. The zero-order valence-electron chi connectivity index (χ0n) is 21.2. The van der Waals surface area contributed by atoms with Crippen molar-refractivity contribution in [3.63, 3.8) is 0 Å². The number of likely N-dealkylation sites (N-methyl/N-ethyl adjacent to an activating group) is 1. The average Bonchev–Trinajstić information content (AvgIpc) is 3.38. The lowest BCUT2D eigenvalue weighted by atomic mass is 10.1. The van der Waals surface area contributed by atoms with Crippen LogP contribution in [0.5, 0.6) is 5.75 Å². The summed E-state index contributed by atoms with van der Waals surface area (Å²) in [5.74, 6) is 0.324. The topological polar surface area (TPSA) is 83.3 Å². The predicted octanol–water partition coefficient (Wildman–Crippen LogP) is 4.66. The van der Waals surface area contributed by atoms with Crippen LogP contribution in [0.1, 0.15) is 11.1 Å². The molecule has 194 valence electrons. The number of oxazole rings is 1. The second kappa shape index (κ2) is 13.4. The summed E-state index contributed by atoms with van der Waals surface area (Å²) >= 11 is 0. The van der Waals surface area contributed by atoms with Crippen molar-refractivity contribution in [3.05, 3.63) is 90.0 Å². The molecule has 0 aliphatic rings. The van der Waals surface area contributed by atoms with E-state index in [2.05, 4.69) is 4.98 Å². The van der Waals surface area contributed by atoms with Crippen molar-refractivity contribution in [2.24, 2.45) is 0 Å². The molecule has 0 saturated carbocycles. The maximum Gasteiger partial charge on any atom is 0.335 e. The summed E-state index contributed by atoms with van der Waals surface area (Å²) in [5.41, 5.74) is 3.62. The van der Waals surface area contributed by atoms with Gasteiger partial charge >= 0.3 is 5.97 Å². The first kappa shape index (κ1) is 26.2. The Morgan fingerprint density at radius 2 is 1.68 bits per heavy atom. The van der Waals surface area contributed by atoms with Crippen LogP contribution < -0.4 is 9.64 Å². The molecule has 1 unspecified atom stereocenters. The molecule has 8 nitrogen and oxygen atoms in total. The molecule has 1 aromatic heterocycles. The molecule has 0 N–H and O–H groups in total. The number of rotatable bonds is 14. The number of ether oxygens (including phenoxy) is 4. The summed E-state index contributed by atoms with van der Waals surface area (Å²) in [6, 6.07) is 25.7. The highest BCUT2D eigenvalue weighted by Gasteiger charge is 2.20. The van der Waals surface area contributed by atoms with Crippen molar-refractivity contribution in [1.82, 2.24) is 4.98 Å². The van der Waals surface area contributed by atoms with E-state index in [0.717, 1.165) is 28.0 Å². The van der Waals surface area contributed by atoms with Gasteiger partial charge in [-0.15, -0.1) is 0 Å². The summed E-state index contributed by atoms with van der Waals surface area (Å²) in [4.78, 5) is 18.6. The maximum absolute atomic E-state index is 12.2. The zero-order valence-corrected chi connectivity index (χ0v) is 21.2. The molecule has 0 aliphatic carbocycles. The van der Waals surface area contributed by atoms with E-state index in [1.54, 1.807) is 0 Å². The molecule has 0 bridgehead atoms. The van der Waals surface area contributed by atoms with Crippen molar-refractivity contribution >= 4 is 23.1 Å². The van der Waals surface area contributed by atoms with Crippen LogP contribution >= 0.6 is 0 Å². The molecule has 0 saturated heterocycles. The molecule has 4 aromatic rings. The van der Waals surface area contributed by atoms with Gasteiger partial charge in [0.15, 0.2) is 11.7 Å². The first-order valence-electron chi connectivity index (χ1n) is 12.2. The largest absolute Gasteiger partial charge is 0.492 e. The molecule has 37 heavy (non-hydrogen) atoms. The Kier molecular flexibility index (Phi) is 9.51. The van der Waals surface area contributed by atoms with Crippen LogP contribution in [0.4, 0.5) is 6.01 Å². The Labute approximate surface area is 216 Å². The number of aromatic nitrogens is 1. The molecular formula is C29H32N2O6. The van der Waals surface area contributed by atoms with Crippen molar-refractivity contribution in [2.75, 3.05) is 45.4 Å². The fraction of sp³-hybridized carbons (Fsp3) is 0.310. The monoisotopic (exact) mass is 504 g/mol. The molecular weight excluding hydrogens is 472 g/mol. The van der Waals surface area contributed by atoms with Crippen LogP contribution in [-0.2, 0) is 32.0 Å². The molecule has 0 amide bonds. The van der Waals surface area contributed by atoms with Gasteiger partial charge in [-0.3, -0.25) is 0 Å². The molecule has 0 spiro atoms. The van der Waals surface area contributed by atoms with Crippen LogP contribution in [0.3, 0.4) is 0 Å². The quantitative estimate of drug-likeness (QED) is 0.181. The van der Waals surface area contributed by atoms with Gasteiger partial charge < -0.3 is 28.3 Å². The summed E-state index contributed by atoms with van der Waals surface area (Å²) < 4.78 is 28.0. The highest BCUT2D eigenvalue weighted by atomic mass is 16.6. The van der Waals surface area contributed by atoms with E-state index in [9.17, 15) is 4.79 Å². The van der Waals surface area contributed by atoms with Gasteiger partial charge in [-0.2, -0.15) is 4.98 Å². The van der Waals surface area contributed by atoms with Crippen molar-refractivity contribution in [1.29, 1.82) is 0 Å². The number of anilines is 1. The van der Waals surface area contributed by atoms with Crippen LogP contribution in [-0.4, -0.2) is 57.6 Å². The van der Waals surface area contributed by atoms with E-state index in [4.69, 9.17) is 23.4 Å². The number of hydrogen-bond donors (Lipinski definition) is 0. The van der Waals surface area contributed by atoms with Crippen LogP contribution in [0.2, 0.25) is 0 Å². The summed E-state index contributed by atoms with van der Waals surface area (Å²) in [6.45, 7) is 2.25. The first-order chi connectivity index (χ1) is 18.1. The minimum atomic E-state index is -0.706. The van der Waals surface area contributed by atoms with E-state index in [-0.39, 0.29) is 0 Å². The Bertz CT molecular complexity index is 1210. The van der Waals surface area contributed by atoms with Gasteiger partial charge in [0.25, 0.3) is 6.01 Å². The zero-order chi connectivity index (χ0) is 25.9. The Morgan fingerprint density at radius 1 is 0.919 bits per heavy atom. The highest BCUT2D eigenvalue weighted by molar-refractivity contribution is 5.75. The molecule has 8 heteroatoms. The van der Waals surface area contributed by atoms with Gasteiger partial charge in [0.2, 0.25) is 0 Å².